The fraction of sp³-hybridized carbons (Fsp3) is 0.308. The van der Waals surface area contributed by atoms with Gasteiger partial charge in [-0.05, 0) is 68.8 Å². The molecule has 0 saturated carbocycles. The van der Waals surface area contributed by atoms with Crippen molar-refractivity contribution in [2.75, 3.05) is 36.1 Å². The van der Waals surface area contributed by atoms with Crippen molar-refractivity contribution in [2.24, 2.45) is 0 Å². The van der Waals surface area contributed by atoms with Gasteiger partial charge >= 0.3 is 12.2 Å². The molecule has 2 heterocycles. The maximum absolute atomic E-state index is 13.1. The van der Waals surface area contributed by atoms with Crippen molar-refractivity contribution in [3.05, 3.63) is 70.9 Å². The molecule has 0 spiro atoms. The van der Waals surface area contributed by atoms with E-state index in [1.807, 2.05) is 0 Å². The van der Waals surface area contributed by atoms with Gasteiger partial charge in [0.05, 0.1) is 5.56 Å². The molecule has 9 nitrogen and oxygen atoms in total. The van der Waals surface area contributed by atoms with Crippen LogP contribution in [0.1, 0.15) is 44.7 Å². The molecular formula is C26H27F3N6O3. The van der Waals surface area contributed by atoms with Crippen LogP contribution in [0.4, 0.5) is 30.4 Å². The average molecular weight is 529 g/mol. The number of benzene rings is 2. The quantitative estimate of drug-likeness (QED) is 0.357. The van der Waals surface area contributed by atoms with Crippen molar-refractivity contribution in [3.63, 3.8) is 0 Å². The van der Waals surface area contributed by atoms with Crippen LogP contribution in [0.15, 0.2) is 48.7 Å². The molecule has 200 valence electrons. The maximum atomic E-state index is 13.1. The molecule has 4 rings (SSSR count). The third kappa shape index (κ3) is 6.57. The van der Waals surface area contributed by atoms with Crippen molar-refractivity contribution >= 4 is 29.0 Å². The van der Waals surface area contributed by atoms with E-state index in [0.717, 1.165) is 38.1 Å². The SMILES string of the molecule is CNc1nc(OC2CCNCC2)ncc1C(=O)Nc1cc(NC(=O)c2cccc(C(F)(F)F)c2)ccc1C. The molecular weight excluding hydrogens is 501 g/mol. The number of amides is 2. The number of carbonyl (C=O) groups excluding carboxylic acids is 2. The Bertz CT molecular complexity index is 1330. The first-order valence-corrected chi connectivity index (χ1v) is 12.0. The van der Waals surface area contributed by atoms with Gasteiger partial charge in [-0.3, -0.25) is 9.59 Å². The zero-order chi connectivity index (χ0) is 27.3. The topological polar surface area (TPSA) is 117 Å². The van der Waals surface area contributed by atoms with Crippen LogP contribution in [0.2, 0.25) is 0 Å². The molecule has 1 fully saturated rings. The summed E-state index contributed by atoms with van der Waals surface area (Å²) in [5.74, 6) is -0.923. The summed E-state index contributed by atoms with van der Waals surface area (Å²) >= 11 is 0. The van der Waals surface area contributed by atoms with Crippen LogP contribution in [0.5, 0.6) is 6.01 Å². The standard InChI is InChI=1S/C26H27F3N6O3/c1-15-6-7-18(33-23(36)16-4-3-5-17(12-16)26(27,28)29)13-21(15)34-24(37)20-14-32-25(35-22(20)30-2)38-19-8-10-31-11-9-19/h3-7,12-14,19,31H,8-11H2,1-2H3,(H,33,36)(H,34,37)(H,30,32,35). The molecule has 1 aromatic heterocycles. The van der Waals surface area contributed by atoms with Gasteiger partial charge in [0.15, 0.2) is 0 Å². The van der Waals surface area contributed by atoms with Crippen molar-refractivity contribution < 1.29 is 27.5 Å². The molecule has 4 N–H and O–H groups in total. The molecule has 0 radical (unpaired) electrons. The summed E-state index contributed by atoms with van der Waals surface area (Å²) in [6.07, 6.45) is -1.53. The Kier molecular flexibility index (Phi) is 8.10. The lowest BCUT2D eigenvalue weighted by Crippen LogP contribution is -2.34. The first-order valence-electron chi connectivity index (χ1n) is 12.0. The smallest absolute Gasteiger partial charge is 0.416 e. The van der Waals surface area contributed by atoms with Crippen LogP contribution in [0.3, 0.4) is 0 Å². The first-order chi connectivity index (χ1) is 18.1. The Morgan fingerprint density at radius 2 is 1.82 bits per heavy atom. The van der Waals surface area contributed by atoms with E-state index < -0.39 is 23.6 Å². The second-order valence-electron chi connectivity index (χ2n) is 8.75. The zero-order valence-electron chi connectivity index (χ0n) is 20.8. The van der Waals surface area contributed by atoms with Gasteiger partial charge in [-0.15, -0.1) is 0 Å². The highest BCUT2D eigenvalue weighted by Gasteiger charge is 2.31. The van der Waals surface area contributed by atoms with Gasteiger partial charge in [0.25, 0.3) is 11.8 Å². The molecule has 1 aliphatic heterocycles. The zero-order valence-corrected chi connectivity index (χ0v) is 20.8. The van der Waals surface area contributed by atoms with Crippen molar-refractivity contribution in [3.8, 4) is 6.01 Å². The van der Waals surface area contributed by atoms with Gasteiger partial charge in [0.1, 0.15) is 17.5 Å². The summed E-state index contributed by atoms with van der Waals surface area (Å²) in [7, 11) is 1.63. The normalized spacial score (nSPS) is 14.0. The maximum Gasteiger partial charge on any atom is 0.416 e. The lowest BCUT2D eigenvalue weighted by atomic mass is 10.1. The number of hydrogen-bond donors (Lipinski definition) is 4. The Labute approximate surface area is 217 Å². The Morgan fingerprint density at radius 1 is 1.05 bits per heavy atom. The number of nitrogens with one attached hydrogen (secondary N) is 4. The highest BCUT2D eigenvalue weighted by Crippen LogP contribution is 2.30. The van der Waals surface area contributed by atoms with E-state index >= 15 is 0 Å². The molecule has 38 heavy (non-hydrogen) atoms. The van der Waals surface area contributed by atoms with Crippen LogP contribution in [-0.2, 0) is 6.18 Å². The molecule has 1 aliphatic rings. The van der Waals surface area contributed by atoms with Crippen LogP contribution in [0.25, 0.3) is 0 Å². The predicted molar refractivity (Wildman–Crippen MR) is 137 cm³/mol. The lowest BCUT2D eigenvalue weighted by molar-refractivity contribution is -0.137. The summed E-state index contributed by atoms with van der Waals surface area (Å²) in [4.78, 5) is 34.2. The third-order valence-electron chi connectivity index (χ3n) is 6.00. The first kappa shape index (κ1) is 26.9. The number of ether oxygens (including phenoxy) is 1. The molecule has 2 aromatic carbocycles. The van der Waals surface area contributed by atoms with E-state index in [1.54, 1.807) is 26.1 Å². The lowest BCUT2D eigenvalue weighted by Gasteiger charge is -2.23. The van der Waals surface area contributed by atoms with Crippen LogP contribution < -0.4 is 26.0 Å². The Morgan fingerprint density at radius 3 is 2.53 bits per heavy atom. The Hall–Kier alpha value is -4.19. The van der Waals surface area contributed by atoms with Gasteiger partial charge in [-0.1, -0.05) is 12.1 Å². The van der Waals surface area contributed by atoms with Crippen LogP contribution >= 0.6 is 0 Å². The number of alkyl halides is 3. The van der Waals surface area contributed by atoms with Gasteiger partial charge in [0, 0.05) is 30.2 Å². The van der Waals surface area contributed by atoms with Gasteiger partial charge in [0.2, 0.25) is 0 Å². The molecule has 0 aliphatic carbocycles. The number of aryl methyl sites for hydroxylation is 1. The summed E-state index contributed by atoms with van der Waals surface area (Å²) in [5, 5.41) is 11.5. The minimum atomic E-state index is -4.56. The predicted octanol–water partition coefficient (Wildman–Crippen LogP) is 4.48. The minimum Gasteiger partial charge on any atom is -0.460 e. The number of rotatable bonds is 7. The summed E-state index contributed by atoms with van der Waals surface area (Å²) in [5.41, 5.74) is 0.513. The second-order valence-corrected chi connectivity index (χ2v) is 8.75. The van der Waals surface area contributed by atoms with Crippen LogP contribution in [0, 0.1) is 6.92 Å². The second kappa shape index (κ2) is 11.5. The molecule has 0 atom stereocenters. The van der Waals surface area contributed by atoms with Gasteiger partial charge < -0.3 is 26.0 Å². The van der Waals surface area contributed by atoms with Crippen molar-refractivity contribution in [1.29, 1.82) is 0 Å². The average Bonchev–Trinajstić information content (AvgIpc) is 2.90. The molecule has 12 heteroatoms. The van der Waals surface area contributed by atoms with E-state index in [1.165, 1.54) is 24.4 Å². The summed E-state index contributed by atoms with van der Waals surface area (Å²) in [6.45, 7) is 3.46. The number of carbonyl (C=O) groups is 2. The summed E-state index contributed by atoms with van der Waals surface area (Å²) in [6, 6.07) is 9.09. The van der Waals surface area contributed by atoms with Crippen LogP contribution in [-0.4, -0.2) is 48.0 Å². The monoisotopic (exact) mass is 528 g/mol. The highest BCUT2D eigenvalue weighted by molar-refractivity contribution is 6.08. The molecule has 1 saturated heterocycles. The van der Waals surface area contributed by atoms with E-state index in [4.69, 9.17) is 4.74 Å². The Balaban J connectivity index is 1.47. The number of anilines is 3. The van der Waals surface area contributed by atoms with Gasteiger partial charge in [-0.25, -0.2) is 4.98 Å². The van der Waals surface area contributed by atoms with E-state index in [0.29, 0.717) is 16.9 Å². The molecule has 3 aromatic rings. The van der Waals surface area contributed by atoms with Crippen molar-refractivity contribution in [1.82, 2.24) is 15.3 Å². The summed E-state index contributed by atoms with van der Waals surface area (Å²) < 4.78 is 44.9. The number of hydrogen-bond acceptors (Lipinski definition) is 7. The largest absolute Gasteiger partial charge is 0.460 e. The molecule has 2 amide bonds. The number of nitrogens with zero attached hydrogens (tertiary/aromatic N) is 2. The van der Waals surface area contributed by atoms with Gasteiger partial charge in [-0.2, -0.15) is 18.2 Å². The molecule has 0 bridgehead atoms. The fourth-order valence-corrected chi connectivity index (χ4v) is 3.91. The number of halogens is 3. The van der Waals surface area contributed by atoms with E-state index in [-0.39, 0.29) is 29.1 Å². The van der Waals surface area contributed by atoms with E-state index in [2.05, 4.69) is 31.2 Å². The fourth-order valence-electron chi connectivity index (χ4n) is 3.91. The third-order valence-corrected chi connectivity index (χ3v) is 6.00. The van der Waals surface area contributed by atoms with E-state index in [9.17, 15) is 22.8 Å². The number of aromatic nitrogens is 2. The minimum absolute atomic E-state index is 0.00262. The molecule has 0 unspecified atom stereocenters. The number of piperidine rings is 1. The van der Waals surface area contributed by atoms with Crippen molar-refractivity contribution in [2.45, 2.75) is 32.0 Å². The highest BCUT2D eigenvalue weighted by atomic mass is 19.4.